The van der Waals surface area contributed by atoms with Crippen LogP contribution in [0.15, 0.2) is 23.8 Å². The van der Waals surface area contributed by atoms with Gasteiger partial charge in [-0.1, -0.05) is 23.8 Å². The number of carboxylic acids is 1. The normalized spacial score (nSPS) is 12.1. The molecule has 0 aliphatic heterocycles. The Morgan fingerprint density at radius 1 is 1.29 bits per heavy atom. The van der Waals surface area contributed by atoms with Crippen LogP contribution < -0.4 is 0 Å². The highest BCUT2D eigenvalue weighted by Crippen LogP contribution is 2.06. The standard InChI is InChI=1S/C7H10.C5H8O3.C2H2/c1-7-5-3-2-4-6-7;1-4(6)2-3-5(7)8;1-2/h3,5-6H,2,4H2,1H3;2-3H2,1H3,(H,7,8);1-2H. The van der Waals surface area contributed by atoms with E-state index in [2.05, 4.69) is 38.0 Å². The van der Waals surface area contributed by atoms with Crippen LogP contribution in [0.25, 0.3) is 0 Å². The van der Waals surface area contributed by atoms with E-state index in [1.165, 1.54) is 25.3 Å². The summed E-state index contributed by atoms with van der Waals surface area (Å²) in [7, 11) is 0. The number of hydrogen-bond acceptors (Lipinski definition) is 2. The maximum Gasteiger partial charge on any atom is 0.303 e. The van der Waals surface area contributed by atoms with Crippen LogP contribution >= 0.6 is 0 Å². The van der Waals surface area contributed by atoms with Gasteiger partial charge >= 0.3 is 5.97 Å². The van der Waals surface area contributed by atoms with Crippen molar-refractivity contribution in [1.29, 1.82) is 0 Å². The van der Waals surface area contributed by atoms with Gasteiger partial charge in [-0.05, 0) is 26.7 Å². The smallest absolute Gasteiger partial charge is 0.303 e. The molecule has 1 N–H and O–H groups in total. The van der Waals surface area contributed by atoms with Crippen LogP contribution in [0.1, 0.15) is 39.5 Å². The maximum atomic E-state index is 10.1. The molecule has 0 radical (unpaired) electrons. The van der Waals surface area contributed by atoms with Gasteiger partial charge in [0.05, 0.1) is 6.42 Å². The molecular formula is C14H20O3. The first-order chi connectivity index (χ1) is 8.02. The minimum Gasteiger partial charge on any atom is -0.481 e. The first-order valence-electron chi connectivity index (χ1n) is 5.40. The molecule has 94 valence electrons. The maximum absolute atomic E-state index is 10.1. The molecule has 0 heterocycles. The summed E-state index contributed by atoms with van der Waals surface area (Å²) in [6, 6.07) is 0. The van der Waals surface area contributed by atoms with Crippen molar-refractivity contribution >= 4 is 11.8 Å². The van der Waals surface area contributed by atoms with Crippen LogP contribution in [0.5, 0.6) is 0 Å². The average molecular weight is 236 g/mol. The van der Waals surface area contributed by atoms with Crippen molar-refractivity contribution in [3.63, 3.8) is 0 Å². The van der Waals surface area contributed by atoms with Gasteiger partial charge in [0.1, 0.15) is 5.78 Å². The molecule has 0 aromatic heterocycles. The number of carbonyl (C=O) groups excluding carboxylic acids is 1. The summed E-state index contributed by atoms with van der Waals surface area (Å²) in [5.74, 6) is -0.993. The zero-order valence-corrected chi connectivity index (χ0v) is 10.5. The van der Waals surface area contributed by atoms with Gasteiger partial charge < -0.3 is 9.90 Å². The highest BCUT2D eigenvalue weighted by atomic mass is 16.4. The Kier molecular flexibility index (Phi) is 12.7. The van der Waals surface area contributed by atoms with Gasteiger partial charge in [-0.25, -0.2) is 0 Å². The van der Waals surface area contributed by atoms with Crippen LogP contribution in [-0.2, 0) is 9.59 Å². The summed E-state index contributed by atoms with van der Waals surface area (Å²) in [6.07, 6.45) is 17.2. The second-order valence-corrected chi connectivity index (χ2v) is 3.52. The van der Waals surface area contributed by atoms with Crippen LogP contribution in [0.3, 0.4) is 0 Å². The van der Waals surface area contributed by atoms with Gasteiger partial charge in [-0.15, -0.1) is 12.8 Å². The Balaban J connectivity index is 0. The number of rotatable bonds is 3. The van der Waals surface area contributed by atoms with Gasteiger partial charge in [0, 0.05) is 6.42 Å². The molecule has 0 fully saturated rings. The summed E-state index contributed by atoms with van der Waals surface area (Å²) in [6.45, 7) is 3.51. The van der Waals surface area contributed by atoms with Crippen molar-refractivity contribution in [2.75, 3.05) is 0 Å². The first kappa shape index (κ1) is 17.6. The third-order valence-electron chi connectivity index (χ3n) is 1.87. The van der Waals surface area contributed by atoms with E-state index in [1.54, 1.807) is 0 Å². The number of aliphatic carboxylic acids is 1. The lowest BCUT2D eigenvalue weighted by Crippen LogP contribution is -1.98. The zero-order valence-electron chi connectivity index (χ0n) is 10.5. The molecule has 0 unspecified atom stereocenters. The Bertz CT molecular complexity index is 295. The van der Waals surface area contributed by atoms with E-state index in [0.29, 0.717) is 0 Å². The number of Topliss-reactive ketones (excluding diaryl/α,β-unsaturated/α-hetero) is 1. The lowest BCUT2D eigenvalue weighted by Gasteiger charge is -1.96. The molecule has 0 aromatic carbocycles. The summed E-state index contributed by atoms with van der Waals surface area (Å²) in [5, 5.41) is 8.01. The average Bonchev–Trinajstić information content (AvgIpc) is 2.31. The number of carbonyl (C=O) groups is 2. The number of hydrogen-bond donors (Lipinski definition) is 1. The van der Waals surface area contributed by atoms with E-state index in [-0.39, 0.29) is 18.6 Å². The fraction of sp³-hybridized carbons (Fsp3) is 0.429. The largest absolute Gasteiger partial charge is 0.481 e. The number of terminal acetylenes is 1. The van der Waals surface area contributed by atoms with Gasteiger partial charge in [-0.3, -0.25) is 4.79 Å². The summed E-state index contributed by atoms with van der Waals surface area (Å²) in [4.78, 5) is 19.8. The van der Waals surface area contributed by atoms with Crippen LogP contribution in [-0.4, -0.2) is 16.9 Å². The Morgan fingerprint density at radius 2 is 1.88 bits per heavy atom. The van der Waals surface area contributed by atoms with Gasteiger partial charge in [-0.2, -0.15) is 0 Å². The molecule has 1 aliphatic rings. The second kappa shape index (κ2) is 12.3. The van der Waals surface area contributed by atoms with Gasteiger partial charge in [0.25, 0.3) is 0 Å². The van der Waals surface area contributed by atoms with Gasteiger partial charge in [0.2, 0.25) is 0 Å². The van der Waals surface area contributed by atoms with Gasteiger partial charge in [0.15, 0.2) is 0 Å². The Labute approximate surface area is 103 Å². The number of ketones is 1. The SMILES string of the molecule is C#C.CC(=O)CCC(=O)O.CC1=CCCC=C1. The van der Waals surface area contributed by atoms with E-state index in [9.17, 15) is 9.59 Å². The summed E-state index contributed by atoms with van der Waals surface area (Å²) in [5.41, 5.74) is 1.41. The topological polar surface area (TPSA) is 54.4 Å². The third-order valence-corrected chi connectivity index (χ3v) is 1.87. The minimum absolute atomic E-state index is 0.0463. The predicted molar refractivity (Wildman–Crippen MR) is 69.6 cm³/mol. The predicted octanol–water partition coefficient (Wildman–Crippen LogP) is 2.97. The molecule has 0 saturated heterocycles. The van der Waals surface area contributed by atoms with Crippen LogP contribution in [0.2, 0.25) is 0 Å². The quantitative estimate of drug-likeness (QED) is 0.766. The van der Waals surface area contributed by atoms with Crippen LogP contribution in [0, 0.1) is 12.8 Å². The van der Waals surface area contributed by atoms with Crippen molar-refractivity contribution in [3.05, 3.63) is 23.8 Å². The van der Waals surface area contributed by atoms with E-state index in [4.69, 9.17) is 5.11 Å². The third kappa shape index (κ3) is 16.8. The van der Waals surface area contributed by atoms with Crippen molar-refractivity contribution in [2.45, 2.75) is 39.5 Å². The number of allylic oxidation sites excluding steroid dienone is 4. The lowest BCUT2D eigenvalue weighted by atomic mass is 10.1. The zero-order chi connectivity index (χ0) is 13.7. The summed E-state index contributed by atoms with van der Waals surface area (Å²) < 4.78 is 0. The van der Waals surface area contributed by atoms with E-state index < -0.39 is 5.97 Å². The molecule has 0 amide bonds. The highest BCUT2D eigenvalue weighted by Gasteiger charge is 1.97. The van der Waals surface area contributed by atoms with Crippen molar-refractivity contribution < 1.29 is 14.7 Å². The molecule has 0 saturated carbocycles. The van der Waals surface area contributed by atoms with E-state index in [1.807, 2.05) is 0 Å². The molecule has 3 nitrogen and oxygen atoms in total. The fourth-order valence-electron chi connectivity index (χ4n) is 1.03. The van der Waals surface area contributed by atoms with Crippen LogP contribution in [0.4, 0.5) is 0 Å². The van der Waals surface area contributed by atoms with E-state index >= 15 is 0 Å². The molecular weight excluding hydrogens is 216 g/mol. The molecule has 17 heavy (non-hydrogen) atoms. The monoisotopic (exact) mass is 236 g/mol. The Morgan fingerprint density at radius 3 is 2.06 bits per heavy atom. The molecule has 0 aromatic rings. The first-order valence-corrected chi connectivity index (χ1v) is 5.40. The van der Waals surface area contributed by atoms with Crippen molar-refractivity contribution in [2.24, 2.45) is 0 Å². The lowest BCUT2D eigenvalue weighted by molar-refractivity contribution is -0.138. The molecule has 1 aliphatic carbocycles. The Hall–Kier alpha value is -1.82. The summed E-state index contributed by atoms with van der Waals surface area (Å²) >= 11 is 0. The number of carboxylic acid groups (broad SMARTS) is 1. The molecule has 0 spiro atoms. The fourth-order valence-corrected chi connectivity index (χ4v) is 1.03. The highest BCUT2D eigenvalue weighted by molar-refractivity contribution is 5.80. The molecule has 3 heteroatoms. The van der Waals surface area contributed by atoms with Crippen molar-refractivity contribution in [1.82, 2.24) is 0 Å². The molecule has 0 atom stereocenters. The van der Waals surface area contributed by atoms with E-state index in [0.717, 1.165) is 0 Å². The minimum atomic E-state index is -0.916. The molecule has 0 bridgehead atoms. The van der Waals surface area contributed by atoms with Crippen molar-refractivity contribution in [3.8, 4) is 12.8 Å². The second-order valence-electron chi connectivity index (χ2n) is 3.52. The molecule has 1 rings (SSSR count).